The van der Waals surface area contributed by atoms with Crippen LogP contribution in [0.3, 0.4) is 0 Å². The molecule has 3 rings (SSSR count). The molecule has 0 radical (unpaired) electrons. The molecular weight excluding hydrogens is 306 g/mol. The van der Waals surface area contributed by atoms with Gasteiger partial charge in [0.25, 0.3) is 11.8 Å². The number of benzene rings is 2. The highest BCUT2D eigenvalue weighted by Crippen LogP contribution is 2.22. The van der Waals surface area contributed by atoms with Gasteiger partial charge in [0, 0.05) is 25.0 Å². The average Bonchev–Trinajstić information content (AvgIpc) is 2.86. The molecule has 0 saturated carbocycles. The van der Waals surface area contributed by atoms with E-state index in [1.165, 1.54) is 0 Å². The largest absolute Gasteiger partial charge is 0.389 e. The first-order chi connectivity index (χ1) is 11.6. The normalized spacial score (nSPS) is 14.5. The zero-order valence-electron chi connectivity index (χ0n) is 13.3. The van der Waals surface area contributed by atoms with Gasteiger partial charge in [0.2, 0.25) is 0 Å². The first-order valence-electron chi connectivity index (χ1n) is 7.75. The number of anilines is 2. The van der Waals surface area contributed by atoms with Crippen molar-refractivity contribution in [1.82, 2.24) is 4.90 Å². The number of imide groups is 1. The van der Waals surface area contributed by atoms with Gasteiger partial charge in [0.05, 0.1) is 23.8 Å². The molecule has 2 aromatic rings. The molecule has 0 bridgehead atoms. The van der Waals surface area contributed by atoms with Crippen LogP contribution in [-0.2, 0) is 0 Å². The minimum atomic E-state index is -0.851. The summed E-state index contributed by atoms with van der Waals surface area (Å²) in [7, 11) is 1.84. The van der Waals surface area contributed by atoms with E-state index in [9.17, 15) is 14.7 Å². The van der Waals surface area contributed by atoms with Crippen molar-refractivity contribution in [2.24, 2.45) is 0 Å². The third kappa shape index (κ3) is 3.09. The predicted molar refractivity (Wildman–Crippen MR) is 92.3 cm³/mol. The van der Waals surface area contributed by atoms with Gasteiger partial charge < -0.3 is 15.7 Å². The Morgan fingerprint density at radius 1 is 0.958 bits per heavy atom. The van der Waals surface area contributed by atoms with Gasteiger partial charge in [-0.05, 0) is 36.4 Å². The number of nitrogens with zero attached hydrogens (tertiary/aromatic N) is 1. The van der Waals surface area contributed by atoms with Crippen molar-refractivity contribution in [3.63, 3.8) is 0 Å². The number of aliphatic hydroxyl groups excluding tert-OH is 1. The van der Waals surface area contributed by atoms with E-state index in [-0.39, 0.29) is 24.9 Å². The molecule has 0 unspecified atom stereocenters. The number of carbonyl (C=O) groups excluding carboxylic acids is 2. The van der Waals surface area contributed by atoms with Gasteiger partial charge in [0.15, 0.2) is 0 Å². The maximum atomic E-state index is 12.3. The lowest BCUT2D eigenvalue weighted by Gasteiger charge is -2.19. The molecule has 6 nitrogen and oxygen atoms in total. The summed E-state index contributed by atoms with van der Waals surface area (Å²) in [6.45, 7) is 0.209. The summed E-state index contributed by atoms with van der Waals surface area (Å²) in [4.78, 5) is 25.6. The van der Waals surface area contributed by atoms with E-state index in [0.717, 1.165) is 16.3 Å². The molecule has 0 saturated heterocycles. The number of β-amino-alcohol motifs (C(OH)–C–C–N with tert-alkyl or cyclic N) is 1. The lowest BCUT2D eigenvalue weighted by Crippen LogP contribution is -2.39. The van der Waals surface area contributed by atoms with E-state index in [1.807, 2.05) is 31.3 Å². The van der Waals surface area contributed by atoms with Gasteiger partial charge in [-0.15, -0.1) is 0 Å². The van der Waals surface area contributed by atoms with Crippen molar-refractivity contribution in [2.45, 2.75) is 6.10 Å². The summed E-state index contributed by atoms with van der Waals surface area (Å²) in [5.41, 5.74) is 2.64. The fraction of sp³-hybridized carbons (Fsp3) is 0.222. The summed E-state index contributed by atoms with van der Waals surface area (Å²) >= 11 is 0. The molecule has 0 aliphatic carbocycles. The Labute approximate surface area is 140 Å². The summed E-state index contributed by atoms with van der Waals surface area (Å²) in [6, 6.07) is 14.3. The average molecular weight is 325 g/mol. The SMILES string of the molecule is CNc1ccc(NC[C@@H](O)CN2C(=O)c3ccccc3C2=O)cc1. The Kier molecular flexibility index (Phi) is 4.48. The van der Waals surface area contributed by atoms with Crippen molar-refractivity contribution >= 4 is 23.2 Å². The van der Waals surface area contributed by atoms with Crippen LogP contribution in [0.1, 0.15) is 20.7 Å². The summed E-state index contributed by atoms with van der Waals surface area (Å²) in [6.07, 6.45) is -0.851. The van der Waals surface area contributed by atoms with Gasteiger partial charge >= 0.3 is 0 Å². The summed E-state index contributed by atoms with van der Waals surface area (Å²) in [5.74, 6) is -0.707. The molecule has 2 amide bonds. The van der Waals surface area contributed by atoms with Gasteiger partial charge in [-0.2, -0.15) is 0 Å². The van der Waals surface area contributed by atoms with Crippen LogP contribution >= 0.6 is 0 Å². The van der Waals surface area contributed by atoms with E-state index in [1.54, 1.807) is 24.3 Å². The fourth-order valence-corrected chi connectivity index (χ4v) is 2.67. The molecule has 1 heterocycles. The number of aliphatic hydroxyl groups is 1. The monoisotopic (exact) mass is 325 g/mol. The lowest BCUT2D eigenvalue weighted by atomic mass is 10.1. The number of fused-ring (bicyclic) bond motifs is 1. The zero-order chi connectivity index (χ0) is 17.1. The number of hydrogen-bond donors (Lipinski definition) is 3. The molecule has 0 spiro atoms. The van der Waals surface area contributed by atoms with Gasteiger partial charge in [0.1, 0.15) is 0 Å². The van der Waals surface area contributed by atoms with Crippen LogP contribution < -0.4 is 10.6 Å². The highest BCUT2D eigenvalue weighted by molar-refractivity contribution is 6.21. The van der Waals surface area contributed by atoms with Crippen molar-refractivity contribution < 1.29 is 14.7 Å². The Hall–Kier alpha value is -2.86. The maximum Gasteiger partial charge on any atom is 0.261 e. The number of carbonyl (C=O) groups is 2. The number of hydrogen-bond acceptors (Lipinski definition) is 5. The zero-order valence-corrected chi connectivity index (χ0v) is 13.3. The summed E-state index contributed by atoms with van der Waals surface area (Å²) < 4.78 is 0. The molecule has 6 heteroatoms. The van der Waals surface area contributed by atoms with Crippen LogP contribution in [0.5, 0.6) is 0 Å². The second-order valence-electron chi connectivity index (χ2n) is 5.63. The van der Waals surface area contributed by atoms with Crippen LogP contribution in [0.15, 0.2) is 48.5 Å². The van der Waals surface area contributed by atoms with Crippen molar-refractivity contribution in [3.8, 4) is 0 Å². The third-order valence-electron chi connectivity index (χ3n) is 3.99. The first-order valence-corrected chi connectivity index (χ1v) is 7.75. The van der Waals surface area contributed by atoms with Crippen LogP contribution in [0.2, 0.25) is 0 Å². The van der Waals surface area contributed by atoms with E-state index < -0.39 is 6.10 Å². The van der Waals surface area contributed by atoms with E-state index >= 15 is 0 Å². The third-order valence-corrected chi connectivity index (χ3v) is 3.99. The second kappa shape index (κ2) is 6.72. The van der Waals surface area contributed by atoms with Crippen molar-refractivity contribution in [1.29, 1.82) is 0 Å². The molecule has 124 valence electrons. The molecule has 1 atom stereocenters. The van der Waals surface area contributed by atoms with E-state index in [4.69, 9.17) is 0 Å². The Bertz CT molecular complexity index is 723. The Morgan fingerprint density at radius 3 is 2.04 bits per heavy atom. The maximum absolute atomic E-state index is 12.3. The molecule has 2 aromatic carbocycles. The molecule has 1 aliphatic heterocycles. The quantitative estimate of drug-likeness (QED) is 0.706. The Morgan fingerprint density at radius 2 is 1.50 bits per heavy atom. The van der Waals surface area contributed by atoms with Crippen LogP contribution in [0, 0.1) is 0 Å². The second-order valence-corrected chi connectivity index (χ2v) is 5.63. The highest BCUT2D eigenvalue weighted by Gasteiger charge is 2.35. The van der Waals surface area contributed by atoms with E-state index in [2.05, 4.69) is 10.6 Å². The topological polar surface area (TPSA) is 81.7 Å². The number of nitrogens with one attached hydrogen (secondary N) is 2. The van der Waals surface area contributed by atoms with Crippen LogP contribution in [0.25, 0.3) is 0 Å². The van der Waals surface area contributed by atoms with Crippen LogP contribution in [-0.4, -0.2) is 48.1 Å². The van der Waals surface area contributed by atoms with E-state index in [0.29, 0.717) is 11.1 Å². The predicted octanol–water partition coefficient (Wildman–Crippen LogP) is 1.80. The molecule has 0 aromatic heterocycles. The first kappa shape index (κ1) is 16.0. The van der Waals surface area contributed by atoms with Crippen molar-refractivity contribution in [3.05, 3.63) is 59.7 Å². The minimum absolute atomic E-state index is 0.0338. The van der Waals surface area contributed by atoms with Gasteiger partial charge in [-0.1, -0.05) is 12.1 Å². The van der Waals surface area contributed by atoms with Gasteiger partial charge in [-0.25, -0.2) is 0 Å². The molecule has 0 fully saturated rings. The van der Waals surface area contributed by atoms with Gasteiger partial charge in [-0.3, -0.25) is 14.5 Å². The lowest BCUT2D eigenvalue weighted by molar-refractivity contribution is 0.0558. The summed E-state index contributed by atoms with van der Waals surface area (Å²) in [5, 5.41) is 16.3. The molecular formula is C18H19N3O3. The molecule has 3 N–H and O–H groups in total. The standard InChI is InChI=1S/C18H19N3O3/c1-19-12-6-8-13(9-7-12)20-10-14(22)11-21-17(23)15-4-2-3-5-16(15)18(21)24/h2-9,14,19-20,22H,10-11H2,1H3/t14-/m1/s1. The smallest absolute Gasteiger partial charge is 0.261 e. The highest BCUT2D eigenvalue weighted by atomic mass is 16.3. The fourth-order valence-electron chi connectivity index (χ4n) is 2.67. The molecule has 24 heavy (non-hydrogen) atoms. The Balaban J connectivity index is 1.58. The minimum Gasteiger partial charge on any atom is -0.389 e. The van der Waals surface area contributed by atoms with Crippen molar-refractivity contribution in [2.75, 3.05) is 30.8 Å². The molecule has 1 aliphatic rings. The number of rotatable bonds is 6. The number of amides is 2. The van der Waals surface area contributed by atoms with Crippen LogP contribution in [0.4, 0.5) is 11.4 Å².